The number of esters is 1. The van der Waals surface area contributed by atoms with Gasteiger partial charge in [0.25, 0.3) is 0 Å². The Balaban J connectivity index is 1.97. The van der Waals surface area contributed by atoms with Crippen molar-refractivity contribution in [1.29, 1.82) is 0 Å². The quantitative estimate of drug-likeness (QED) is 0.711. The molecule has 3 atom stereocenters. The lowest BCUT2D eigenvalue weighted by molar-refractivity contribution is -0.150. The molecule has 1 fully saturated rings. The Morgan fingerprint density at radius 1 is 1.32 bits per heavy atom. The summed E-state index contributed by atoms with van der Waals surface area (Å²) in [5.41, 5.74) is 0.677. The van der Waals surface area contributed by atoms with Gasteiger partial charge in [-0.3, -0.25) is 9.59 Å². The van der Waals surface area contributed by atoms with Gasteiger partial charge >= 0.3 is 5.97 Å². The molecule has 0 spiro atoms. The van der Waals surface area contributed by atoms with E-state index < -0.39 is 0 Å². The second-order valence-corrected chi connectivity index (χ2v) is 7.39. The Labute approximate surface area is 169 Å². The number of ether oxygens (including phenoxy) is 1. The topological polar surface area (TPSA) is 97.6 Å². The van der Waals surface area contributed by atoms with E-state index >= 15 is 0 Å². The fourth-order valence-electron chi connectivity index (χ4n) is 3.99. The van der Waals surface area contributed by atoms with Crippen LogP contribution in [-0.2, 0) is 14.3 Å². The van der Waals surface area contributed by atoms with E-state index in [4.69, 9.17) is 16.3 Å². The summed E-state index contributed by atoms with van der Waals surface area (Å²) in [6, 6.07) is 3.45. The highest BCUT2D eigenvalue weighted by atomic mass is 35.5. The van der Waals surface area contributed by atoms with Crippen LogP contribution in [-0.4, -0.2) is 39.1 Å². The van der Waals surface area contributed by atoms with Crippen LogP contribution in [0.25, 0.3) is 5.52 Å². The van der Waals surface area contributed by atoms with Gasteiger partial charge in [-0.2, -0.15) is 4.98 Å². The van der Waals surface area contributed by atoms with Crippen LogP contribution in [0, 0.1) is 11.8 Å². The third-order valence-electron chi connectivity index (χ3n) is 5.24. The standard InChI is InChI=1S/C19H26ClN5O3/c1-4-12-7-6-8-13(18(27)28-5-2)16(12)22-17-14-9-10-15(21-11(3)26)25(14)24-19(20)23-17/h9-10,12-13,16H,4-8H2,1-3H3,(H,21,26)(H,22,23,24)/t12-,13-,16-/m0/s1. The lowest BCUT2D eigenvalue weighted by Gasteiger charge is -2.37. The van der Waals surface area contributed by atoms with Crippen molar-refractivity contribution in [3.05, 3.63) is 17.4 Å². The van der Waals surface area contributed by atoms with Gasteiger partial charge in [-0.1, -0.05) is 19.8 Å². The molecule has 28 heavy (non-hydrogen) atoms. The predicted molar refractivity (Wildman–Crippen MR) is 107 cm³/mol. The molecule has 0 bridgehead atoms. The first-order valence-corrected chi connectivity index (χ1v) is 10.1. The largest absolute Gasteiger partial charge is 0.466 e. The number of halogens is 1. The van der Waals surface area contributed by atoms with Gasteiger partial charge in [-0.15, -0.1) is 5.10 Å². The fourth-order valence-corrected chi connectivity index (χ4v) is 4.15. The number of carbonyl (C=O) groups excluding carboxylic acids is 2. The van der Waals surface area contributed by atoms with E-state index in [1.54, 1.807) is 10.6 Å². The third kappa shape index (κ3) is 4.22. The number of aromatic nitrogens is 3. The zero-order valence-electron chi connectivity index (χ0n) is 16.4. The molecule has 152 valence electrons. The summed E-state index contributed by atoms with van der Waals surface area (Å²) in [4.78, 5) is 28.3. The van der Waals surface area contributed by atoms with Gasteiger partial charge in [0.15, 0.2) is 5.82 Å². The van der Waals surface area contributed by atoms with Crippen LogP contribution in [0.5, 0.6) is 0 Å². The molecule has 2 N–H and O–H groups in total. The maximum Gasteiger partial charge on any atom is 0.311 e. The highest BCUT2D eigenvalue weighted by Crippen LogP contribution is 2.35. The molecule has 0 unspecified atom stereocenters. The van der Waals surface area contributed by atoms with Crippen molar-refractivity contribution < 1.29 is 14.3 Å². The summed E-state index contributed by atoms with van der Waals surface area (Å²) >= 11 is 6.14. The molecule has 9 heteroatoms. The SMILES string of the molecule is CCOC(=O)[C@H]1CCC[C@H](CC)[C@@H]1Nc1nc(Cl)nn2c(NC(C)=O)ccc12. The Morgan fingerprint density at radius 3 is 2.79 bits per heavy atom. The molecule has 8 nitrogen and oxygen atoms in total. The van der Waals surface area contributed by atoms with Crippen LogP contribution >= 0.6 is 11.6 Å². The minimum atomic E-state index is -0.239. The van der Waals surface area contributed by atoms with Crippen molar-refractivity contribution in [1.82, 2.24) is 14.6 Å². The maximum absolute atomic E-state index is 12.5. The Kier molecular flexibility index (Phi) is 6.39. The molecule has 1 aliphatic rings. The maximum atomic E-state index is 12.5. The van der Waals surface area contributed by atoms with Crippen LogP contribution in [0.1, 0.15) is 46.5 Å². The monoisotopic (exact) mass is 407 g/mol. The number of anilines is 2. The lowest BCUT2D eigenvalue weighted by atomic mass is 9.75. The highest BCUT2D eigenvalue weighted by molar-refractivity contribution is 6.28. The molecule has 2 aromatic rings. The van der Waals surface area contributed by atoms with Crippen molar-refractivity contribution in [3.63, 3.8) is 0 Å². The van der Waals surface area contributed by atoms with E-state index in [0.29, 0.717) is 29.7 Å². The summed E-state index contributed by atoms with van der Waals surface area (Å²) < 4.78 is 6.85. The van der Waals surface area contributed by atoms with E-state index in [9.17, 15) is 9.59 Å². The molecule has 0 saturated heterocycles. The predicted octanol–water partition coefficient (Wildman–Crippen LogP) is 3.51. The zero-order chi connectivity index (χ0) is 20.3. The van der Waals surface area contributed by atoms with Gasteiger partial charge in [-0.05, 0) is 49.4 Å². The first kappa shape index (κ1) is 20.4. The second kappa shape index (κ2) is 8.77. The van der Waals surface area contributed by atoms with Crippen LogP contribution < -0.4 is 10.6 Å². The minimum Gasteiger partial charge on any atom is -0.466 e. The van der Waals surface area contributed by atoms with Crippen molar-refractivity contribution in [2.45, 2.75) is 52.5 Å². The van der Waals surface area contributed by atoms with Gasteiger partial charge < -0.3 is 15.4 Å². The molecule has 0 aromatic carbocycles. The van der Waals surface area contributed by atoms with Crippen molar-refractivity contribution in [3.8, 4) is 0 Å². The van der Waals surface area contributed by atoms with E-state index in [0.717, 1.165) is 25.7 Å². The number of fused-ring (bicyclic) bond motifs is 1. The normalized spacial score (nSPS) is 22.1. The first-order chi connectivity index (χ1) is 13.4. The molecular formula is C19H26ClN5O3. The smallest absolute Gasteiger partial charge is 0.311 e. The number of rotatable bonds is 6. The van der Waals surface area contributed by atoms with Crippen LogP contribution in [0.15, 0.2) is 12.1 Å². The van der Waals surface area contributed by atoms with Gasteiger partial charge in [0.1, 0.15) is 11.3 Å². The molecule has 1 aliphatic carbocycles. The number of nitrogens with zero attached hydrogens (tertiary/aromatic N) is 3. The average Bonchev–Trinajstić information content (AvgIpc) is 3.04. The van der Waals surface area contributed by atoms with Crippen LogP contribution in [0.2, 0.25) is 5.28 Å². The summed E-state index contributed by atoms with van der Waals surface area (Å²) in [7, 11) is 0. The Bertz CT molecular complexity index is 869. The molecule has 2 aromatic heterocycles. The summed E-state index contributed by atoms with van der Waals surface area (Å²) in [6.07, 6.45) is 3.76. The Hall–Kier alpha value is -2.35. The van der Waals surface area contributed by atoms with Gasteiger partial charge in [0, 0.05) is 13.0 Å². The molecule has 2 heterocycles. The van der Waals surface area contributed by atoms with Gasteiger partial charge in [-0.25, -0.2) is 4.52 Å². The summed E-state index contributed by atoms with van der Waals surface area (Å²) in [6.45, 7) is 5.74. The zero-order valence-corrected chi connectivity index (χ0v) is 17.1. The number of carbonyl (C=O) groups is 2. The van der Waals surface area contributed by atoms with E-state index in [1.807, 2.05) is 13.0 Å². The number of hydrogen-bond acceptors (Lipinski definition) is 6. The molecule has 0 aliphatic heterocycles. The van der Waals surface area contributed by atoms with Gasteiger partial charge in [0.05, 0.1) is 12.5 Å². The summed E-state index contributed by atoms with van der Waals surface area (Å²) in [5.74, 6) is 0.747. The second-order valence-electron chi connectivity index (χ2n) is 7.05. The lowest BCUT2D eigenvalue weighted by Crippen LogP contribution is -2.44. The number of nitrogens with one attached hydrogen (secondary N) is 2. The molecule has 1 saturated carbocycles. The van der Waals surface area contributed by atoms with Crippen molar-refractivity contribution >= 4 is 40.6 Å². The van der Waals surface area contributed by atoms with Crippen molar-refractivity contribution in [2.75, 3.05) is 17.2 Å². The van der Waals surface area contributed by atoms with Gasteiger partial charge in [0.2, 0.25) is 11.2 Å². The average molecular weight is 408 g/mol. The van der Waals surface area contributed by atoms with Crippen LogP contribution in [0.3, 0.4) is 0 Å². The first-order valence-electron chi connectivity index (χ1n) is 9.70. The van der Waals surface area contributed by atoms with Crippen LogP contribution in [0.4, 0.5) is 11.6 Å². The highest BCUT2D eigenvalue weighted by Gasteiger charge is 2.38. The molecule has 1 amide bonds. The number of amides is 1. The fraction of sp³-hybridized carbons (Fsp3) is 0.579. The number of hydrogen-bond donors (Lipinski definition) is 2. The van der Waals surface area contributed by atoms with Crippen molar-refractivity contribution in [2.24, 2.45) is 11.8 Å². The molecule has 3 rings (SSSR count). The molecule has 0 radical (unpaired) electrons. The Morgan fingerprint density at radius 2 is 2.11 bits per heavy atom. The van der Waals surface area contributed by atoms with E-state index in [-0.39, 0.29) is 29.1 Å². The van der Waals surface area contributed by atoms with E-state index in [2.05, 4.69) is 27.6 Å². The van der Waals surface area contributed by atoms with E-state index in [1.165, 1.54) is 6.92 Å². The third-order valence-corrected chi connectivity index (χ3v) is 5.40. The molecular weight excluding hydrogens is 382 g/mol. The summed E-state index contributed by atoms with van der Waals surface area (Å²) in [5, 5.41) is 10.4. The minimum absolute atomic E-state index is 0.0503.